The number of carbonyl (C=O) groups excluding carboxylic acids is 1. The molecule has 4 heteroatoms. The summed E-state index contributed by atoms with van der Waals surface area (Å²) in [7, 11) is 0. The van der Waals surface area contributed by atoms with Crippen LogP contribution in [0.1, 0.15) is 42.6 Å². The van der Waals surface area contributed by atoms with Crippen LogP contribution in [0, 0.1) is 6.61 Å². The van der Waals surface area contributed by atoms with Crippen LogP contribution < -0.4 is 0 Å². The van der Waals surface area contributed by atoms with Crippen LogP contribution in [0.4, 0.5) is 0 Å². The van der Waals surface area contributed by atoms with E-state index in [2.05, 4.69) is 23.6 Å². The van der Waals surface area contributed by atoms with Gasteiger partial charge in [-0.3, -0.25) is 4.89 Å². The molecule has 0 fully saturated rings. The molecule has 0 atom stereocenters. The first kappa shape index (κ1) is 14.7. The lowest BCUT2D eigenvalue weighted by Gasteiger charge is -2.06. The third-order valence-corrected chi connectivity index (χ3v) is 2.39. The van der Waals surface area contributed by atoms with E-state index in [1.807, 2.05) is 19.1 Å². The van der Waals surface area contributed by atoms with Crippen molar-refractivity contribution in [1.82, 2.24) is 0 Å². The van der Waals surface area contributed by atoms with Gasteiger partial charge >= 0.3 is 5.97 Å². The van der Waals surface area contributed by atoms with E-state index in [0.29, 0.717) is 18.1 Å². The van der Waals surface area contributed by atoms with E-state index in [-0.39, 0.29) is 6.61 Å². The molecule has 4 nitrogen and oxygen atoms in total. The summed E-state index contributed by atoms with van der Waals surface area (Å²) < 4.78 is 4.99. The molecular formula is C14H19O4. The molecule has 0 aromatic heterocycles. The zero-order valence-electron chi connectivity index (χ0n) is 11.0. The van der Waals surface area contributed by atoms with Crippen LogP contribution in [-0.4, -0.2) is 19.2 Å². The quantitative estimate of drug-likeness (QED) is 0.424. The van der Waals surface area contributed by atoms with E-state index >= 15 is 0 Å². The predicted octanol–water partition coefficient (Wildman–Crippen LogP) is 3.10. The van der Waals surface area contributed by atoms with E-state index in [4.69, 9.17) is 4.74 Å². The van der Waals surface area contributed by atoms with Gasteiger partial charge in [0.05, 0.1) is 12.2 Å². The minimum absolute atomic E-state index is 0.288. The molecule has 0 aliphatic rings. The van der Waals surface area contributed by atoms with Gasteiger partial charge in [0.1, 0.15) is 0 Å². The molecule has 1 aromatic carbocycles. The summed E-state index contributed by atoms with van der Waals surface area (Å²) >= 11 is 0. The van der Waals surface area contributed by atoms with E-state index in [9.17, 15) is 4.79 Å². The Morgan fingerprint density at radius 1 is 1.28 bits per heavy atom. The molecule has 1 radical (unpaired) electrons. The lowest BCUT2D eigenvalue weighted by atomic mass is 10.0. The van der Waals surface area contributed by atoms with Gasteiger partial charge in [0.2, 0.25) is 0 Å². The monoisotopic (exact) mass is 251 g/mol. The number of rotatable bonds is 7. The minimum atomic E-state index is -0.516. The average molecular weight is 251 g/mol. The van der Waals surface area contributed by atoms with Crippen molar-refractivity contribution in [2.75, 3.05) is 13.2 Å². The van der Waals surface area contributed by atoms with Gasteiger partial charge in [0.25, 0.3) is 0 Å². The first-order valence-corrected chi connectivity index (χ1v) is 6.02. The Labute approximate surface area is 108 Å². The summed E-state index contributed by atoms with van der Waals surface area (Å²) in [6.07, 6.45) is 0. The molecule has 99 valence electrons. The maximum Gasteiger partial charge on any atom is 0.373 e. The normalized spacial score (nSPS) is 10.7. The molecular weight excluding hydrogens is 232 g/mol. The lowest BCUT2D eigenvalue weighted by Crippen LogP contribution is -2.07. The van der Waals surface area contributed by atoms with Crippen molar-refractivity contribution in [1.29, 1.82) is 0 Å². The summed E-state index contributed by atoms with van der Waals surface area (Å²) in [5.41, 5.74) is 1.64. The number of hydrogen-bond donors (Lipinski definition) is 0. The van der Waals surface area contributed by atoms with Crippen molar-refractivity contribution < 1.29 is 19.3 Å². The molecule has 18 heavy (non-hydrogen) atoms. The Balaban J connectivity index is 2.37. The molecule has 0 aliphatic carbocycles. The molecule has 0 saturated heterocycles. The van der Waals surface area contributed by atoms with Crippen LogP contribution in [0.2, 0.25) is 0 Å². The topological polar surface area (TPSA) is 44.8 Å². The summed E-state index contributed by atoms with van der Waals surface area (Å²) in [6.45, 7) is 8.23. The second-order valence-corrected chi connectivity index (χ2v) is 4.07. The Hall–Kier alpha value is -1.39. The standard InChI is InChI=1S/C14H19O4/c1-4-16-9-10-17-18-14(15)13-7-5-12(6-8-13)11(2)3/h5-8,10-11H,4,9H2,1-3H3. The molecule has 0 heterocycles. The van der Waals surface area contributed by atoms with Crippen molar-refractivity contribution in [2.24, 2.45) is 0 Å². The van der Waals surface area contributed by atoms with Crippen LogP contribution in [0.25, 0.3) is 0 Å². The fourth-order valence-corrected chi connectivity index (χ4v) is 1.32. The van der Waals surface area contributed by atoms with E-state index < -0.39 is 5.97 Å². The zero-order valence-corrected chi connectivity index (χ0v) is 11.0. The van der Waals surface area contributed by atoms with Gasteiger partial charge in [-0.05, 0) is 30.5 Å². The van der Waals surface area contributed by atoms with Gasteiger partial charge < -0.3 is 4.74 Å². The zero-order chi connectivity index (χ0) is 13.4. The molecule has 0 amide bonds. The van der Waals surface area contributed by atoms with Crippen LogP contribution in [0.15, 0.2) is 24.3 Å². The van der Waals surface area contributed by atoms with Crippen LogP contribution in [0.5, 0.6) is 0 Å². The van der Waals surface area contributed by atoms with Crippen molar-refractivity contribution >= 4 is 5.97 Å². The highest BCUT2D eigenvalue weighted by molar-refractivity contribution is 5.88. The largest absolute Gasteiger partial charge is 0.379 e. The second kappa shape index (κ2) is 7.84. The number of benzene rings is 1. The Morgan fingerprint density at radius 2 is 1.94 bits per heavy atom. The van der Waals surface area contributed by atoms with Crippen molar-refractivity contribution in [3.63, 3.8) is 0 Å². The first-order chi connectivity index (χ1) is 8.65. The average Bonchev–Trinajstić information content (AvgIpc) is 2.38. The van der Waals surface area contributed by atoms with Gasteiger partial charge in [-0.15, -0.1) is 0 Å². The highest BCUT2D eigenvalue weighted by atomic mass is 17.2. The smallest absolute Gasteiger partial charge is 0.373 e. The summed E-state index contributed by atoms with van der Waals surface area (Å²) in [5, 5.41) is 0. The summed E-state index contributed by atoms with van der Waals surface area (Å²) in [6, 6.07) is 7.27. The number of carbonyl (C=O) groups is 1. The fraction of sp³-hybridized carbons (Fsp3) is 0.429. The molecule has 0 bridgehead atoms. The van der Waals surface area contributed by atoms with Gasteiger partial charge in [-0.25, -0.2) is 4.79 Å². The number of hydrogen-bond acceptors (Lipinski definition) is 4. The maximum atomic E-state index is 11.6. The van der Waals surface area contributed by atoms with Crippen LogP contribution in [-0.2, 0) is 14.5 Å². The third kappa shape index (κ3) is 4.85. The SMILES string of the molecule is CCOC[CH]OOC(=O)c1ccc(C(C)C)cc1. The molecule has 1 rings (SSSR count). The molecule has 0 spiro atoms. The highest BCUT2D eigenvalue weighted by Gasteiger charge is 2.09. The Morgan fingerprint density at radius 3 is 2.50 bits per heavy atom. The molecule has 0 aliphatic heterocycles. The van der Waals surface area contributed by atoms with Crippen LogP contribution in [0.3, 0.4) is 0 Å². The van der Waals surface area contributed by atoms with Crippen molar-refractivity contribution in [3.05, 3.63) is 42.0 Å². The molecule has 0 saturated carbocycles. The van der Waals surface area contributed by atoms with Gasteiger partial charge in [-0.2, -0.15) is 4.89 Å². The van der Waals surface area contributed by atoms with Gasteiger partial charge in [-0.1, -0.05) is 26.0 Å². The van der Waals surface area contributed by atoms with Crippen molar-refractivity contribution in [3.8, 4) is 0 Å². The predicted molar refractivity (Wildman–Crippen MR) is 67.8 cm³/mol. The molecule has 1 aromatic rings. The molecule has 0 N–H and O–H groups in total. The van der Waals surface area contributed by atoms with Gasteiger partial charge in [0.15, 0.2) is 6.61 Å². The van der Waals surface area contributed by atoms with Gasteiger partial charge in [0, 0.05) is 6.61 Å². The second-order valence-electron chi connectivity index (χ2n) is 4.07. The summed E-state index contributed by atoms with van der Waals surface area (Å²) in [4.78, 5) is 20.8. The van der Waals surface area contributed by atoms with E-state index in [1.54, 1.807) is 12.1 Å². The third-order valence-electron chi connectivity index (χ3n) is 2.39. The summed E-state index contributed by atoms with van der Waals surface area (Å²) in [5.74, 6) is -0.0797. The fourth-order valence-electron chi connectivity index (χ4n) is 1.32. The lowest BCUT2D eigenvalue weighted by molar-refractivity contribution is -0.218. The number of ether oxygens (including phenoxy) is 1. The Kier molecular flexibility index (Phi) is 6.39. The maximum absolute atomic E-state index is 11.6. The first-order valence-electron chi connectivity index (χ1n) is 6.02. The highest BCUT2D eigenvalue weighted by Crippen LogP contribution is 2.15. The van der Waals surface area contributed by atoms with Crippen molar-refractivity contribution in [2.45, 2.75) is 26.7 Å². The Bertz CT molecular complexity index is 357. The molecule has 0 unspecified atom stereocenters. The van der Waals surface area contributed by atoms with Crippen LogP contribution >= 0.6 is 0 Å². The minimum Gasteiger partial charge on any atom is -0.379 e. The van der Waals surface area contributed by atoms with E-state index in [0.717, 1.165) is 0 Å². The van der Waals surface area contributed by atoms with E-state index in [1.165, 1.54) is 12.2 Å².